The normalized spacial score (nSPS) is 14.3. The molecule has 9 heavy (non-hydrogen) atoms. The van der Waals surface area contributed by atoms with Gasteiger partial charge in [0.1, 0.15) is 6.17 Å². The molecule has 0 amide bonds. The molecule has 0 heterocycles. The lowest BCUT2D eigenvalue weighted by Gasteiger charge is -2.14. The van der Waals surface area contributed by atoms with E-state index < -0.39 is 6.17 Å². The summed E-state index contributed by atoms with van der Waals surface area (Å²) in [7, 11) is 0. The molecular weight excluding hydrogens is 117 g/mol. The summed E-state index contributed by atoms with van der Waals surface area (Å²) >= 11 is 0. The summed E-state index contributed by atoms with van der Waals surface area (Å²) in [5.74, 6) is 0.176. The van der Waals surface area contributed by atoms with Gasteiger partial charge in [-0.25, -0.2) is 4.39 Å². The van der Waals surface area contributed by atoms with Crippen LogP contribution in [0.2, 0.25) is 0 Å². The van der Waals surface area contributed by atoms with Crippen LogP contribution in [0.1, 0.15) is 26.7 Å². The van der Waals surface area contributed by atoms with Crippen molar-refractivity contribution in [3.63, 3.8) is 0 Å². The summed E-state index contributed by atoms with van der Waals surface area (Å²) in [6.07, 6.45) is 1.00. The first-order valence-corrected chi connectivity index (χ1v) is 3.60. The molecule has 0 aliphatic heterocycles. The first-order valence-electron chi connectivity index (χ1n) is 3.60. The standard InChI is InChI=1S/C7H16FN/c1-3-6(4-2)7(8)5-9/h6-7H,3-5,9H2,1-2H3. The molecular formula is C7H16FN. The highest BCUT2D eigenvalue weighted by atomic mass is 19.1. The van der Waals surface area contributed by atoms with E-state index in [0.29, 0.717) is 0 Å². The van der Waals surface area contributed by atoms with Crippen molar-refractivity contribution in [1.29, 1.82) is 0 Å². The second kappa shape index (κ2) is 4.74. The van der Waals surface area contributed by atoms with Crippen molar-refractivity contribution >= 4 is 0 Å². The average molecular weight is 133 g/mol. The van der Waals surface area contributed by atoms with E-state index in [1.807, 2.05) is 13.8 Å². The summed E-state index contributed by atoms with van der Waals surface area (Å²) in [4.78, 5) is 0. The fourth-order valence-electron chi connectivity index (χ4n) is 0.993. The Bertz CT molecular complexity index is 61.9. The molecule has 0 aromatic rings. The van der Waals surface area contributed by atoms with Gasteiger partial charge < -0.3 is 5.73 Å². The fraction of sp³-hybridized carbons (Fsp3) is 1.00. The van der Waals surface area contributed by atoms with E-state index in [9.17, 15) is 4.39 Å². The van der Waals surface area contributed by atoms with Gasteiger partial charge in [0.05, 0.1) is 0 Å². The number of rotatable bonds is 4. The highest BCUT2D eigenvalue weighted by Gasteiger charge is 2.14. The highest BCUT2D eigenvalue weighted by Crippen LogP contribution is 2.14. The van der Waals surface area contributed by atoms with Crippen molar-refractivity contribution in [2.24, 2.45) is 11.7 Å². The molecule has 0 spiro atoms. The molecule has 2 heteroatoms. The van der Waals surface area contributed by atoms with Crippen LogP contribution in [-0.4, -0.2) is 12.7 Å². The quantitative estimate of drug-likeness (QED) is 0.621. The largest absolute Gasteiger partial charge is 0.328 e. The van der Waals surface area contributed by atoms with E-state index in [1.54, 1.807) is 0 Å². The van der Waals surface area contributed by atoms with Crippen LogP contribution < -0.4 is 5.73 Å². The lowest BCUT2D eigenvalue weighted by molar-refractivity contribution is 0.223. The van der Waals surface area contributed by atoms with Gasteiger partial charge in [0, 0.05) is 6.54 Å². The van der Waals surface area contributed by atoms with Crippen molar-refractivity contribution in [3.05, 3.63) is 0 Å². The van der Waals surface area contributed by atoms with Crippen LogP contribution in [0.25, 0.3) is 0 Å². The molecule has 56 valence electrons. The average Bonchev–Trinajstić information content (AvgIpc) is 1.90. The second-order valence-electron chi connectivity index (χ2n) is 2.33. The Morgan fingerprint density at radius 2 is 1.78 bits per heavy atom. The molecule has 0 bridgehead atoms. The Hall–Kier alpha value is -0.110. The third-order valence-corrected chi connectivity index (χ3v) is 1.79. The lowest BCUT2D eigenvalue weighted by atomic mass is 9.98. The van der Waals surface area contributed by atoms with E-state index in [4.69, 9.17) is 5.73 Å². The van der Waals surface area contributed by atoms with Gasteiger partial charge >= 0.3 is 0 Å². The monoisotopic (exact) mass is 133 g/mol. The summed E-state index contributed by atoms with van der Waals surface area (Å²) in [5, 5.41) is 0. The van der Waals surface area contributed by atoms with Crippen molar-refractivity contribution in [1.82, 2.24) is 0 Å². The number of hydrogen-bond donors (Lipinski definition) is 1. The van der Waals surface area contributed by atoms with Crippen molar-refractivity contribution in [3.8, 4) is 0 Å². The fourth-order valence-corrected chi connectivity index (χ4v) is 0.993. The van der Waals surface area contributed by atoms with E-state index in [-0.39, 0.29) is 12.5 Å². The van der Waals surface area contributed by atoms with Crippen LogP contribution in [-0.2, 0) is 0 Å². The van der Waals surface area contributed by atoms with Crippen molar-refractivity contribution < 1.29 is 4.39 Å². The lowest BCUT2D eigenvalue weighted by Crippen LogP contribution is -2.23. The molecule has 0 aromatic heterocycles. The molecule has 0 fully saturated rings. The van der Waals surface area contributed by atoms with Gasteiger partial charge in [0.2, 0.25) is 0 Å². The Labute approximate surface area is 56.4 Å². The Balaban J connectivity index is 3.50. The topological polar surface area (TPSA) is 26.0 Å². The van der Waals surface area contributed by atoms with Gasteiger partial charge in [-0.3, -0.25) is 0 Å². The zero-order chi connectivity index (χ0) is 7.28. The van der Waals surface area contributed by atoms with Crippen molar-refractivity contribution in [2.75, 3.05) is 6.54 Å². The third-order valence-electron chi connectivity index (χ3n) is 1.79. The summed E-state index contributed by atoms with van der Waals surface area (Å²) in [5.41, 5.74) is 5.15. The van der Waals surface area contributed by atoms with Gasteiger partial charge in [-0.2, -0.15) is 0 Å². The van der Waals surface area contributed by atoms with E-state index >= 15 is 0 Å². The maximum absolute atomic E-state index is 12.7. The Morgan fingerprint density at radius 3 is 1.89 bits per heavy atom. The molecule has 2 N–H and O–H groups in total. The van der Waals surface area contributed by atoms with Crippen LogP contribution in [0, 0.1) is 5.92 Å². The molecule has 1 nitrogen and oxygen atoms in total. The predicted octanol–water partition coefficient (Wildman–Crippen LogP) is 1.72. The van der Waals surface area contributed by atoms with Crippen LogP contribution in [0.4, 0.5) is 4.39 Å². The predicted molar refractivity (Wildman–Crippen MR) is 38.0 cm³/mol. The maximum Gasteiger partial charge on any atom is 0.115 e. The maximum atomic E-state index is 12.7. The van der Waals surface area contributed by atoms with Crippen LogP contribution in [0.3, 0.4) is 0 Å². The molecule has 0 saturated carbocycles. The molecule has 0 aliphatic rings. The SMILES string of the molecule is CCC(CC)C(F)CN. The third kappa shape index (κ3) is 2.80. The van der Waals surface area contributed by atoms with E-state index in [0.717, 1.165) is 12.8 Å². The highest BCUT2D eigenvalue weighted by molar-refractivity contribution is 4.66. The smallest absolute Gasteiger partial charge is 0.115 e. The number of hydrogen-bond acceptors (Lipinski definition) is 1. The first-order chi connectivity index (χ1) is 4.26. The molecule has 1 unspecified atom stereocenters. The molecule has 0 aliphatic carbocycles. The number of nitrogens with two attached hydrogens (primary N) is 1. The van der Waals surface area contributed by atoms with E-state index in [1.165, 1.54) is 0 Å². The van der Waals surface area contributed by atoms with Gasteiger partial charge in [0.15, 0.2) is 0 Å². The molecule has 0 saturated heterocycles. The van der Waals surface area contributed by atoms with Gasteiger partial charge in [-0.1, -0.05) is 26.7 Å². The minimum absolute atomic E-state index is 0.173. The van der Waals surface area contributed by atoms with Crippen LogP contribution in [0.5, 0.6) is 0 Å². The van der Waals surface area contributed by atoms with Crippen LogP contribution in [0.15, 0.2) is 0 Å². The first kappa shape index (κ1) is 8.89. The summed E-state index contributed by atoms with van der Waals surface area (Å²) < 4.78 is 12.7. The van der Waals surface area contributed by atoms with Gasteiger partial charge in [-0.15, -0.1) is 0 Å². The van der Waals surface area contributed by atoms with Gasteiger partial charge in [0.25, 0.3) is 0 Å². The molecule has 1 atom stereocenters. The zero-order valence-electron chi connectivity index (χ0n) is 6.23. The minimum Gasteiger partial charge on any atom is -0.328 e. The zero-order valence-corrected chi connectivity index (χ0v) is 6.23. The number of halogens is 1. The van der Waals surface area contributed by atoms with E-state index in [2.05, 4.69) is 0 Å². The van der Waals surface area contributed by atoms with Crippen molar-refractivity contribution in [2.45, 2.75) is 32.9 Å². The minimum atomic E-state index is -0.792. The summed E-state index contributed by atoms with van der Waals surface area (Å²) in [6.45, 7) is 4.17. The Kier molecular flexibility index (Phi) is 4.68. The number of alkyl halides is 1. The second-order valence-corrected chi connectivity index (χ2v) is 2.33. The summed E-state index contributed by atoms with van der Waals surface area (Å²) in [6, 6.07) is 0. The molecule has 0 aromatic carbocycles. The molecule has 0 rings (SSSR count). The Morgan fingerprint density at radius 1 is 1.33 bits per heavy atom. The van der Waals surface area contributed by atoms with Gasteiger partial charge in [-0.05, 0) is 5.92 Å². The molecule has 0 radical (unpaired) electrons. The van der Waals surface area contributed by atoms with Crippen LogP contribution >= 0.6 is 0 Å².